The third kappa shape index (κ3) is 4.57. The van der Waals surface area contributed by atoms with Gasteiger partial charge in [-0.05, 0) is 43.9 Å². The molecule has 1 aromatic rings. The van der Waals surface area contributed by atoms with Gasteiger partial charge in [-0.1, -0.05) is 19.4 Å². The third-order valence-corrected chi connectivity index (χ3v) is 6.88. The molecule has 0 aliphatic carbocycles. The fourth-order valence-corrected chi connectivity index (χ4v) is 4.99. The van der Waals surface area contributed by atoms with E-state index in [1.807, 2.05) is 20.0 Å². The average Bonchev–Trinajstić information content (AvgIpc) is 2.65. The highest BCUT2D eigenvalue weighted by Crippen LogP contribution is 2.30. The maximum atomic E-state index is 13.0. The van der Waals surface area contributed by atoms with Crippen LogP contribution in [-0.2, 0) is 14.8 Å². The van der Waals surface area contributed by atoms with Crippen LogP contribution in [0, 0.1) is 12.8 Å². The number of amides is 1. The zero-order valence-electron chi connectivity index (χ0n) is 16.2. The number of ether oxygens (including phenoxy) is 1. The number of hydrogen-bond acceptors (Lipinski definition) is 4. The molecule has 0 atom stereocenters. The van der Waals surface area contributed by atoms with E-state index in [2.05, 4.69) is 6.92 Å². The maximum absolute atomic E-state index is 13.0. The molecule has 0 unspecified atom stereocenters. The molecule has 1 heterocycles. The first kappa shape index (κ1) is 20.7. The van der Waals surface area contributed by atoms with Crippen molar-refractivity contribution in [3.63, 3.8) is 0 Å². The zero-order chi connectivity index (χ0) is 19.3. The highest BCUT2D eigenvalue weighted by Gasteiger charge is 2.34. The smallest absolute Gasteiger partial charge is 0.246 e. The average molecular weight is 383 g/mol. The minimum atomic E-state index is -3.63. The summed E-state index contributed by atoms with van der Waals surface area (Å²) in [7, 11) is -0.322. The molecule has 1 amide bonds. The first-order valence-electron chi connectivity index (χ1n) is 9.21. The van der Waals surface area contributed by atoms with E-state index in [0.717, 1.165) is 24.9 Å². The molecule has 0 radical (unpaired) electrons. The number of carbonyl (C=O) groups excluding carboxylic acids is 1. The lowest BCUT2D eigenvalue weighted by Gasteiger charge is -2.32. The number of benzene rings is 1. The number of hydrogen-bond donors (Lipinski definition) is 0. The second kappa shape index (κ2) is 8.86. The molecule has 7 heteroatoms. The Kier molecular flexibility index (Phi) is 7.06. The molecule has 6 nitrogen and oxygen atoms in total. The van der Waals surface area contributed by atoms with E-state index >= 15 is 0 Å². The number of sulfonamides is 1. The quantitative estimate of drug-likeness (QED) is 0.727. The van der Waals surface area contributed by atoms with Crippen LogP contribution in [0.4, 0.5) is 0 Å². The van der Waals surface area contributed by atoms with Crippen LogP contribution >= 0.6 is 0 Å². The summed E-state index contributed by atoms with van der Waals surface area (Å²) < 4.78 is 32.8. The third-order valence-electron chi connectivity index (χ3n) is 4.96. The lowest BCUT2D eigenvalue weighted by molar-refractivity contribution is -0.135. The lowest BCUT2D eigenvalue weighted by atomic mass is 9.96. The number of piperidine rings is 1. The summed E-state index contributed by atoms with van der Waals surface area (Å²) in [6, 6.07) is 5.15. The van der Waals surface area contributed by atoms with Crippen molar-refractivity contribution in [1.29, 1.82) is 0 Å². The van der Waals surface area contributed by atoms with Gasteiger partial charge in [-0.15, -0.1) is 0 Å². The van der Waals surface area contributed by atoms with Gasteiger partial charge in [-0.3, -0.25) is 4.79 Å². The zero-order valence-corrected chi connectivity index (χ0v) is 17.0. The van der Waals surface area contributed by atoms with Crippen molar-refractivity contribution in [3.8, 4) is 5.75 Å². The van der Waals surface area contributed by atoms with E-state index in [0.29, 0.717) is 31.7 Å². The van der Waals surface area contributed by atoms with Crippen molar-refractivity contribution in [2.24, 2.45) is 5.92 Å². The van der Waals surface area contributed by atoms with Gasteiger partial charge >= 0.3 is 0 Å². The summed E-state index contributed by atoms with van der Waals surface area (Å²) in [6.45, 7) is 5.43. The Morgan fingerprint density at radius 1 is 1.31 bits per heavy atom. The van der Waals surface area contributed by atoms with E-state index in [9.17, 15) is 13.2 Å². The molecule has 1 saturated heterocycles. The largest absolute Gasteiger partial charge is 0.495 e. The Morgan fingerprint density at radius 3 is 2.54 bits per heavy atom. The molecule has 146 valence electrons. The summed E-state index contributed by atoms with van der Waals surface area (Å²) in [5, 5.41) is 0. The Labute approximate surface area is 157 Å². The van der Waals surface area contributed by atoms with Crippen LogP contribution in [0.15, 0.2) is 23.1 Å². The summed E-state index contributed by atoms with van der Waals surface area (Å²) >= 11 is 0. The molecule has 26 heavy (non-hydrogen) atoms. The Morgan fingerprint density at radius 2 is 1.96 bits per heavy atom. The Hall–Kier alpha value is -1.60. The number of carbonyl (C=O) groups is 1. The van der Waals surface area contributed by atoms with E-state index < -0.39 is 10.0 Å². The number of rotatable bonds is 7. The monoisotopic (exact) mass is 382 g/mol. The van der Waals surface area contributed by atoms with Gasteiger partial charge in [0, 0.05) is 32.6 Å². The molecule has 1 fully saturated rings. The van der Waals surface area contributed by atoms with Gasteiger partial charge in [-0.25, -0.2) is 8.42 Å². The number of methoxy groups -OCH3 is 1. The van der Waals surface area contributed by atoms with Gasteiger partial charge in [0.25, 0.3) is 0 Å². The molecule has 0 saturated carbocycles. The van der Waals surface area contributed by atoms with Crippen LogP contribution in [0.1, 0.15) is 38.2 Å². The van der Waals surface area contributed by atoms with E-state index in [1.54, 1.807) is 17.0 Å². The van der Waals surface area contributed by atoms with Gasteiger partial charge in [0.15, 0.2) is 0 Å². The molecule has 0 bridgehead atoms. The first-order valence-corrected chi connectivity index (χ1v) is 10.6. The highest BCUT2D eigenvalue weighted by atomic mass is 32.2. The van der Waals surface area contributed by atoms with Crippen LogP contribution in [0.3, 0.4) is 0 Å². The minimum absolute atomic E-state index is 0.0947. The number of nitrogens with zero attached hydrogens (tertiary/aromatic N) is 2. The molecular formula is C19H30N2O4S. The van der Waals surface area contributed by atoms with Gasteiger partial charge in [0.05, 0.1) is 7.11 Å². The topological polar surface area (TPSA) is 66.9 Å². The normalized spacial score (nSPS) is 16.5. The summed E-state index contributed by atoms with van der Waals surface area (Å²) in [5.74, 6) is 0.388. The SMILES string of the molecule is CCCCN(C)C(=O)C1CCN(S(=O)(=O)c2cc(C)ccc2OC)CC1. The summed E-state index contributed by atoms with van der Waals surface area (Å²) in [4.78, 5) is 14.5. The van der Waals surface area contributed by atoms with Crippen LogP contribution in [-0.4, -0.2) is 57.3 Å². The summed E-state index contributed by atoms with van der Waals surface area (Å²) in [5.41, 5.74) is 0.868. The van der Waals surface area contributed by atoms with E-state index in [4.69, 9.17) is 4.74 Å². The number of unbranched alkanes of at least 4 members (excludes halogenated alkanes) is 1. The Bertz CT molecular complexity index is 725. The Balaban J connectivity index is 2.07. The molecule has 0 N–H and O–H groups in total. The van der Waals surface area contributed by atoms with Crippen molar-refractivity contribution in [1.82, 2.24) is 9.21 Å². The van der Waals surface area contributed by atoms with E-state index in [1.165, 1.54) is 11.4 Å². The number of aryl methyl sites for hydroxylation is 1. The van der Waals surface area contributed by atoms with Crippen molar-refractivity contribution in [3.05, 3.63) is 23.8 Å². The van der Waals surface area contributed by atoms with Crippen molar-refractivity contribution in [2.75, 3.05) is 33.8 Å². The van der Waals surface area contributed by atoms with Gasteiger partial charge in [0.2, 0.25) is 15.9 Å². The minimum Gasteiger partial charge on any atom is -0.495 e. The molecule has 0 aromatic heterocycles. The van der Waals surface area contributed by atoms with Crippen molar-refractivity contribution < 1.29 is 17.9 Å². The molecule has 1 aliphatic rings. The fourth-order valence-electron chi connectivity index (χ4n) is 3.28. The van der Waals surface area contributed by atoms with Gasteiger partial charge < -0.3 is 9.64 Å². The van der Waals surface area contributed by atoms with Crippen molar-refractivity contribution >= 4 is 15.9 Å². The molecule has 1 aliphatic heterocycles. The van der Waals surface area contributed by atoms with Crippen LogP contribution in [0.2, 0.25) is 0 Å². The fraction of sp³-hybridized carbons (Fsp3) is 0.632. The standard InChI is InChI=1S/C19H30N2O4S/c1-5-6-11-20(3)19(22)16-9-12-21(13-10-16)26(23,24)18-14-15(2)7-8-17(18)25-4/h7-8,14,16H,5-6,9-13H2,1-4H3. The molecular weight excluding hydrogens is 352 g/mol. The first-order chi connectivity index (χ1) is 12.3. The van der Waals surface area contributed by atoms with E-state index in [-0.39, 0.29) is 16.7 Å². The lowest BCUT2D eigenvalue weighted by Crippen LogP contribution is -2.43. The predicted octanol–water partition coefficient (Wildman–Crippen LogP) is 2.66. The second-order valence-corrected chi connectivity index (χ2v) is 8.85. The maximum Gasteiger partial charge on any atom is 0.246 e. The van der Waals surface area contributed by atoms with Gasteiger partial charge in [-0.2, -0.15) is 4.31 Å². The second-order valence-electron chi connectivity index (χ2n) is 6.95. The van der Waals surface area contributed by atoms with Crippen molar-refractivity contribution in [2.45, 2.75) is 44.4 Å². The summed E-state index contributed by atoms with van der Waals surface area (Å²) in [6.07, 6.45) is 3.15. The highest BCUT2D eigenvalue weighted by molar-refractivity contribution is 7.89. The molecule has 1 aromatic carbocycles. The van der Waals surface area contributed by atoms with Gasteiger partial charge in [0.1, 0.15) is 10.6 Å². The van der Waals surface area contributed by atoms with Crippen LogP contribution in [0.25, 0.3) is 0 Å². The van der Waals surface area contributed by atoms with Crippen LogP contribution in [0.5, 0.6) is 5.75 Å². The van der Waals surface area contributed by atoms with Crippen LogP contribution < -0.4 is 4.74 Å². The molecule has 0 spiro atoms. The molecule has 2 rings (SSSR count). The predicted molar refractivity (Wildman–Crippen MR) is 102 cm³/mol.